The Balaban J connectivity index is 1.88. The molecule has 0 aliphatic heterocycles. The van der Waals surface area contributed by atoms with Gasteiger partial charge in [-0.25, -0.2) is 4.79 Å². The lowest BCUT2D eigenvalue weighted by atomic mass is 10.0. The molecule has 0 fully saturated rings. The molecule has 1 amide bonds. The smallest absolute Gasteiger partial charge is 0.404 e. The maximum Gasteiger partial charge on any atom is 0.404 e. The van der Waals surface area contributed by atoms with Crippen LogP contribution in [0.1, 0.15) is 26.0 Å². The Kier molecular flexibility index (Phi) is 6.49. The number of amides is 1. The van der Waals surface area contributed by atoms with Crippen LogP contribution < -0.4 is 10.5 Å². The summed E-state index contributed by atoms with van der Waals surface area (Å²) in [6, 6.07) is 11.6. The van der Waals surface area contributed by atoms with Gasteiger partial charge in [-0.3, -0.25) is 4.98 Å². The van der Waals surface area contributed by atoms with Gasteiger partial charge in [-0.1, -0.05) is 25.1 Å². The zero-order valence-corrected chi connectivity index (χ0v) is 16.8. The highest BCUT2D eigenvalue weighted by atomic mass is 16.6. The fraction of sp³-hybridized carbons (Fsp3) is 0.318. The third-order valence-electron chi connectivity index (χ3n) is 4.35. The van der Waals surface area contributed by atoms with Gasteiger partial charge in [0, 0.05) is 18.0 Å². The number of nitrogens with zero attached hydrogens (tertiary/aromatic N) is 2. The van der Waals surface area contributed by atoms with E-state index in [1.807, 2.05) is 51.1 Å². The quantitative estimate of drug-likeness (QED) is 0.598. The molecule has 7 nitrogen and oxygen atoms in total. The largest absolute Gasteiger partial charge is 0.489 e. The molecule has 0 bridgehead atoms. The number of carbonyl (C=O) groups excluding carboxylic acids is 1. The predicted molar refractivity (Wildman–Crippen MR) is 109 cm³/mol. The first kappa shape index (κ1) is 20.4. The molecule has 1 aromatic carbocycles. The van der Waals surface area contributed by atoms with Gasteiger partial charge in [0.05, 0.1) is 11.8 Å². The highest BCUT2D eigenvalue weighted by Crippen LogP contribution is 2.34. The van der Waals surface area contributed by atoms with Crippen molar-refractivity contribution in [3.05, 3.63) is 54.5 Å². The summed E-state index contributed by atoms with van der Waals surface area (Å²) in [6.07, 6.45) is 2.77. The second-order valence-corrected chi connectivity index (χ2v) is 7.27. The average molecular weight is 395 g/mol. The summed E-state index contributed by atoms with van der Waals surface area (Å²) in [4.78, 5) is 15.4. The van der Waals surface area contributed by atoms with Crippen LogP contribution in [-0.4, -0.2) is 28.9 Å². The van der Waals surface area contributed by atoms with Crippen molar-refractivity contribution in [2.45, 2.75) is 33.3 Å². The lowest BCUT2D eigenvalue weighted by Gasteiger charge is -2.20. The maximum absolute atomic E-state index is 11.2. The fourth-order valence-corrected chi connectivity index (χ4v) is 3.13. The number of aromatic nitrogens is 2. The number of primary amides is 1. The lowest BCUT2D eigenvalue weighted by molar-refractivity contribution is 0.0592. The molecule has 2 aromatic heterocycles. The van der Waals surface area contributed by atoms with Gasteiger partial charge in [0.15, 0.2) is 5.76 Å². The first-order valence-electron chi connectivity index (χ1n) is 9.49. The van der Waals surface area contributed by atoms with Crippen LogP contribution in [0.25, 0.3) is 22.5 Å². The number of aryl methyl sites for hydroxylation is 1. The Morgan fingerprint density at radius 2 is 1.93 bits per heavy atom. The van der Waals surface area contributed by atoms with Crippen molar-refractivity contribution >= 4 is 6.09 Å². The minimum absolute atomic E-state index is 0.190. The molecule has 3 rings (SSSR count). The van der Waals surface area contributed by atoms with E-state index >= 15 is 0 Å². The summed E-state index contributed by atoms with van der Waals surface area (Å²) in [5.74, 6) is 1.52. The van der Waals surface area contributed by atoms with Crippen molar-refractivity contribution in [2.24, 2.45) is 11.7 Å². The van der Waals surface area contributed by atoms with Crippen molar-refractivity contribution < 1.29 is 18.8 Å². The van der Waals surface area contributed by atoms with E-state index in [0.29, 0.717) is 23.8 Å². The van der Waals surface area contributed by atoms with Crippen LogP contribution in [0.5, 0.6) is 5.75 Å². The first-order chi connectivity index (χ1) is 13.9. The van der Waals surface area contributed by atoms with Crippen molar-refractivity contribution in [3.8, 4) is 28.2 Å². The molecule has 1 atom stereocenters. The first-order valence-corrected chi connectivity index (χ1v) is 9.49. The molecule has 2 N–H and O–H groups in total. The monoisotopic (exact) mass is 395 g/mol. The van der Waals surface area contributed by atoms with Gasteiger partial charge in [0.2, 0.25) is 0 Å². The van der Waals surface area contributed by atoms with Crippen LogP contribution in [0.2, 0.25) is 0 Å². The Bertz CT molecular complexity index is 954. The molecule has 0 aliphatic carbocycles. The molecule has 152 valence electrons. The SMILES string of the molecule is Cc1cc(-c2ccc(OCC(CC(C)C)OC(N)=O)c(-c3ccno3)c2)ccn1. The summed E-state index contributed by atoms with van der Waals surface area (Å²) in [5.41, 5.74) is 8.93. The molecule has 3 aromatic rings. The number of carbonyl (C=O) groups is 1. The van der Waals surface area contributed by atoms with Gasteiger partial charge in [-0.2, -0.15) is 0 Å². The summed E-state index contributed by atoms with van der Waals surface area (Å²) >= 11 is 0. The molecule has 29 heavy (non-hydrogen) atoms. The van der Waals surface area contributed by atoms with Crippen LogP contribution in [0, 0.1) is 12.8 Å². The molecule has 0 saturated heterocycles. The molecular weight excluding hydrogens is 370 g/mol. The second-order valence-electron chi connectivity index (χ2n) is 7.27. The molecule has 0 saturated carbocycles. The van der Waals surface area contributed by atoms with Crippen LogP contribution in [0.3, 0.4) is 0 Å². The number of rotatable bonds is 8. The molecular formula is C22H25N3O4. The van der Waals surface area contributed by atoms with E-state index in [1.54, 1.807) is 18.5 Å². The topological polar surface area (TPSA) is 100 Å². The van der Waals surface area contributed by atoms with Gasteiger partial charge in [0.1, 0.15) is 18.5 Å². The van der Waals surface area contributed by atoms with E-state index in [-0.39, 0.29) is 6.61 Å². The van der Waals surface area contributed by atoms with Gasteiger partial charge >= 0.3 is 6.09 Å². The van der Waals surface area contributed by atoms with Crippen LogP contribution >= 0.6 is 0 Å². The Morgan fingerprint density at radius 1 is 1.14 bits per heavy atom. The minimum atomic E-state index is -0.807. The Labute approximate surface area is 169 Å². The lowest BCUT2D eigenvalue weighted by Crippen LogP contribution is -2.29. The van der Waals surface area contributed by atoms with E-state index in [0.717, 1.165) is 22.4 Å². The Hall–Kier alpha value is -3.35. The van der Waals surface area contributed by atoms with E-state index < -0.39 is 12.2 Å². The normalized spacial score (nSPS) is 12.0. The summed E-state index contributed by atoms with van der Waals surface area (Å²) in [5, 5.41) is 3.80. The van der Waals surface area contributed by atoms with E-state index in [4.69, 9.17) is 19.7 Å². The van der Waals surface area contributed by atoms with E-state index in [9.17, 15) is 4.79 Å². The van der Waals surface area contributed by atoms with Gasteiger partial charge in [-0.05, 0) is 54.7 Å². The van der Waals surface area contributed by atoms with Gasteiger partial charge in [0.25, 0.3) is 0 Å². The maximum atomic E-state index is 11.2. The van der Waals surface area contributed by atoms with Crippen molar-refractivity contribution in [2.75, 3.05) is 6.61 Å². The van der Waals surface area contributed by atoms with Crippen LogP contribution in [-0.2, 0) is 4.74 Å². The van der Waals surface area contributed by atoms with Crippen molar-refractivity contribution in [1.82, 2.24) is 10.1 Å². The number of nitrogens with two attached hydrogens (primary N) is 1. The number of hydrogen-bond donors (Lipinski definition) is 1. The van der Waals surface area contributed by atoms with E-state index in [2.05, 4.69) is 10.1 Å². The Morgan fingerprint density at radius 3 is 2.59 bits per heavy atom. The zero-order valence-electron chi connectivity index (χ0n) is 16.8. The van der Waals surface area contributed by atoms with E-state index in [1.165, 1.54) is 0 Å². The van der Waals surface area contributed by atoms with Gasteiger partial charge < -0.3 is 19.7 Å². The zero-order chi connectivity index (χ0) is 20.8. The van der Waals surface area contributed by atoms with Gasteiger partial charge in [-0.15, -0.1) is 0 Å². The van der Waals surface area contributed by atoms with Crippen molar-refractivity contribution in [3.63, 3.8) is 0 Å². The molecule has 1 unspecified atom stereocenters. The number of hydrogen-bond acceptors (Lipinski definition) is 6. The standard InChI is InChI=1S/C22H25N3O4/c1-14(2)10-18(28-22(23)26)13-27-20-5-4-16(17-6-8-24-15(3)11-17)12-19(20)21-7-9-25-29-21/h4-9,11-12,14,18H,10,13H2,1-3H3,(H2,23,26). The molecule has 7 heteroatoms. The summed E-state index contributed by atoms with van der Waals surface area (Å²) < 4.78 is 16.6. The second kappa shape index (κ2) is 9.23. The minimum Gasteiger partial charge on any atom is -0.489 e. The third-order valence-corrected chi connectivity index (χ3v) is 4.35. The predicted octanol–water partition coefficient (Wildman–Crippen LogP) is 4.60. The van der Waals surface area contributed by atoms with Crippen molar-refractivity contribution in [1.29, 1.82) is 0 Å². The molecule has 0 aliphatic rings. The third kappa shape index (κ3) is 5.57. The highest BCUT2D eigenvalue weighted by Gasteiger charge is 2.18. The summed E-state index contributed by atoms with van der Waals surface area (Å²) in [6.45, 7) is 6.23. The number of benzene rings is 1. The van der Waals surface area contributed by atoms with Crippen LogP contribution in [0.4, 0.5) is 4.79 Å². The fourth-order valence-electron chi connectivity index (χ4n) is 3.13. The van der Waals surface area contributed by atoms with Crippen LogP contribution in [0.15, 0.2) is 53.3 Å². The molecule has 0 radical (unpaired) electrons. The number of pyridine rings is 1. The molecule has 2 heterocycles. The summed E-state index contributed by atoms with van der Waals surface area (Å²) in [7, 11) is 0. The average Bonchev–Trinajstić information content (AvgIpc) is 3.20. The molecule has 0 spiro atoms. The number of ether oxygens (including phenoxy) is 2. The highest BCUT2D eigenvalue weighted by molar-refractivity contribution is 5.75.